The molecule has 32 heavy (non-hydrogen) atoms. The molecule has 3 rings (SSSR count). The largest absolute Gasteiger partial charge is 0.503 e. The number of aliphatic hydroxyl groups excluding tert-OH is 1. The number of ether oxygens (including phenoxy) is 1. The van der Waals surface area contributed by atoms with E-state index in [2.05, 4.69) is 13.8 Å². The molecule has 0 saturated carbocycles. The Morgan fingerprint density at radius 2 is 1.81 bits per heavy atom. The number of nitrogens with one attached hydrogen (secondary N) is 1. The molecule has 7 heteroatoms. The molecule has 0 fully saturated rings. The highest BCUT2D eigenvalue weighted by atomic mass is 16.5. The molecule has 0 bridgehead atoms. The predicted octanol–water partition coefficient (Wildman–Crippen LogP) is 2.88. The van der Waals surface area contributed by atoms with Gasteiger partial charge in [-0.15, -0.1) is 0 Å². The Morgan fingerprint density at radius 3 is 2.38 bits per heavy atom. The summed E-state index contributed by atoms with van der Waals surface area (Å²) in [5.41, 5.74) is 0.802. The second-order valence-corrected chi connectivity index (χ2v) is 7.97. The number of hydrogen-bond acceptors (Lipinski definition) is 5. The highest BCUT2D eigenvalue weighted by Gasteiger charge is 2.44. The van der Waals surface area contributed by atoms with Crippen LogP contribution in [0.3, 0.4) is 0 Å². The monoisotopic (exact) mass is 441 g/mol. The van der Waals surface area contributed by atoms with Crippen LogP contribution in [0.2, 0.25) is 0 Å². The Kier molecular flexibility index (Phi) is 7.75. The van der Waals surface area contributed by atoms with Crippen LogP contribution in [0, 0.1) is 6.92 Å². The fourth-order valence-electron chi connectivity index (χ4n) is 4.17. The first-order valence-corrected chi connectivity index (χ1v) is 11.3. The Balaban J connectivity index is 1.94. The number of amides is 1. The van der Waals surface area contributed by atoms with Gasteiger partial charge in [0.2, 0.25) is 5.78 Å². The van der Waals surface area contributed by atoms with Gasteiger partial charge in [0, 0.05) is 13.0 Å². The highest BCUT2D eigenvalue weighted by Crippen LogP contribution is 2.39. The quantitative estimate of drug-likeness (QED) is 0.524. The van der Waals surface area contributed by atoms with Crippen molar-refractivity contribution in [3.63, 3.8) is 0 Å². The topological polar surface area (TPSA) is 84.4 Å². The molecule has 0 radical (unpaired) electrons. The van der Waals surface area contributed by atoms with Crippen molar-refractivity contribution in [1.82, 2.24) is 4.90 Å². The van der Waals surface area contributed by atoms with Crippen LogP contribution in [-0.4, -0.2) is 54.5 Å². The van der Waals surface area contributed by atoms with Crippen molar-refractivity contribution in [3.05, 3.63) is 64.8 Å². The van der Waals surface area contributed by atoms with Gasteiger partial charge >= 0.3 is 0 Å². The lowest BCUT2D eigenvalue weighted by Gasteiger charge is -2.27. The molecule has 0 spiro atoms. The van der Waals surface area contributed by atoms with Gasteiger partial charge in [-0.2, -0.15) is 0 Å². The maximum atomic E-state index is 13.3. The number of Topliss-reactive ketones (excluding diaryl/α,β-unsaturated/α-hetero) is 1. The summed E-state index contributed by atoms with van der Waals surface area (Å²) in [5.74, 6) is -0.0838. The minimum Gasteiger partial charge on any atom is -0.503 e. The molecular formula is C25H33N2O5+. The van der Waals surface area contributed by atoms with E-state index in [9.17, 15) is 14.7 Å². The van der Waals surface area contributed by atoms with Crippen LogP contribution in [0.15, 0.2) is 52.1 Å². The lowest BCUT2D eigenvalue weighted by atomic mass is 9.95. The SMILES string of the molecule is CCOc1ccc([C@H]2C(C(=O)c3ccc(C)o3)=C(O)C(=O)N2CCC[NH+](CC)CC)cc1. The van der Waals surface area contributed by atoms with Crippen LogP contribution in [0.25, 0.3) is 0 Å². The number of nitrogens with zero attached hydrogens (tertiary/aromatic N) is 1. The van der Waals surface area contributed by atoms with Crippen molar-refractivity contribution >= 4 is 11.7 Å². The van der Waals surface area contributed by atoms with Crippen molar-refractivity contribution in [3.8, 4) is 5.75 Å². The zero-order valence-corrected chi connectivity index (χ0v) is 19.3. The molecule has 1 aliphatic heterocycles. The third-order valence-corrected chi connectivity index (χ3v) is 5.95. The number of aryl methyl sites for hydroxylation is 1. The average Bonchev–Trinajstić information content (AvgIpc) is 3.33. The van der Waals surface area contributed by atoms with Gasteiger partial charge in [0.05, 0.1) is 37.9 Å². The summed E-state index contributed by atoms with van der Waals surface area (Å²) in [6, 6.07) is 9.90. The van der Waals surface area contributed by atoms with Crippen LogP contribution >= 0.6 is 0 Å². The normalized spacial score (nSPS) is 16.3. The maximum absolute atomic E-state index is 13.3. The van der Waals surface area contributed by atoms with Crippen LogP contribution in [0.1, 0.15) is 55.1 Å². The molecule has 2 N–H and O–H groups in total. The molecule has 172 valence electrons. The number of furan rings is 1. The summed E-state index contributed by atoms with van der Waals surface area (Å²) in [5, 5.41) is 10.7. The summed E-state index contributed by atoms with van der Waals surface area (Å²) >= 11 is 0. The fourth-order valence-corrected chi connectivity index (χ4v) is 4.17. The summed E-state index contributed by atoms with van der Waals surface area (Å²) in [6.45, 7) is 11.9. The summed E-state index contributed by atoms with van der Waals surface area (Å²) in [7, 11) is 0. The van der Waals surface area contributed by atoms with E-state index in [-0.39, 0.29) is 11.3 Å². The van der Waals surface area contributed by atoms with Gasteiger partial charge < -0.3 is 24.1 Å². The van der Waals surface area contributed by atoms with E-state index >= 15 is 0 Å². The number of quaternary nitrogens is 1. The lowest BCUT2D eigenvalue weighted by Crippen LogP contribution is -3.11. The number of carbonyl (C=O) groups excluding carboxylic acids is 2. The van der Waals surface area contributed by atoms with E-state index in [4.69, 9.17) is 9.15 Å². The first kappa shape index (κ1) is 23.6. The van der Waals surface area contributed by atoms with Gasteiger partial charge in [-0.1, -0.05) is 12.1 Å². The molecule has 0 aliphatic carbocycles. The number of aliphatic hydroxyl groups is 1. The standard InChI is InChI=1S/C25H32N2O5/c1-5-26(6-2)15-8-16-27-22(18-10-12-19(13-11-18)31-7-3)21(24(29)25(27)30)23(28)20-14-9-17(4)32-20/h9-14,22,29H,5-8,15-16H2,1-4H3/p+1/t22-/m0/s1. The van der Waals surface area contributed by atoms with Crippen LogP contribution in [0.4, 0.5) is 0 Å². The number of carbonyl (C=O) groups is 2. The Bertz CT molecular complexity index is 972. The van der Waals surface area contributed by atoms with E-state index < -0.39 is 23.5 Å². The smallest absolute Gasteiger partial charge is 0.290 e. The first-order valence-electron chi connectivity index (χ1n) is 11.3. The second kappa shape index (κ2) is 10.5. The van der Waals surface area contributed by atoms with Crippen molar-refractivity contribution in [1.29, 1.82) is 0 Å². The third-order valence-electron chi connectivity index (χ3n) is 5.95. The van der Waals surface area contributed by atoms with Crippen LogP contribution in [-0.2, 0) is 4.79 Å². The van der Waals surface area contributed by atoms with Gasteiger partial charge in [0.15, 0.2) is 11.5 Å². The van der Waals surface area contributed by atoms with E-state index in [0.717, 1.165) is 31.6 Å². The van der Waals surface area contributed by atoms with Gasteiger partial charge in [-0.25, -0.2) is 0 Å². The zero-order valence-electron chi connectivity index (χ0n) is 19.3. The third kappa shape index (κ3) is 4.88. The number of rotatable bonds is 11. The van der Waals surface area contributed by atoms with Gasteiger partial charge in [0.1, 0.15) is 11.5 Å². The van der Waals surface area contributed by atoms with Crippen molar-refractivity contribution < 1.29 is 28.7 Å². The lowest BCUT2D eigenvalue weighted by molar-refractivity contribution is -0.896. The summed E-state index contributed by atoms with van der Waals surface area (Å²) in [6.07, 6.45) is 0.769. The number of benzene rings is 1. The molecular weight excluding hydrogens is 408 g/mol. The van der Waals surface area contributed by atoms with Gasteiger partial charge in [-0.3, -0.25) is 9.59 Å². The van der Waals surface area contributed by atoms with E-state index in [1.165, 1.54) is 4.90 Å². The molecule has 2 aromatic rings. The minimum absolute atomic E-state index is 0.0590. The summed E-state index contributed by atoms with van der Waals surface area (Å²) < 4.78 is 11.0. The minimum atomic E-state index is -0.678. The molecule has 0 saturated heterocycles. The van der Waals surface area contributed by atoms with Gasteiger partial charge in [-0.05, 0) is 57.5 Å². The van der Waals surface area contributed by atoms with Crippen molar-refractivity contribution in [2.24, 2.45) is 0 Å². The fraction of sp³-hybridized carbons (Fsp3) is 0.440. The molecule has 1 aromatic carbocycles. The van der Waals surface area contributed by atoms with Crippen molar-refractivity contribution in [2.45, 2.75) is 40.2 Å². The number of ketones is 1. The van der Waals surface area contributed by atoms with E-state index in [1.807, 2.05) is 31.2 Å². The van der Waals surface area contributed by atoms with Crippen LogP contribution in [0.5, 0.6) is 5.75 Å². The maximum Gasteiger partial charge on any atom is 0.290 e. The number of hydrogen-bond donors (Lipinski definition) is 2. The Hall–Kier alpha value is -3.06. The second-order valence-electron chi connectivity index (χ2n) is 7.97. The zero-order chi connectivity index (χ0) is 23.3. The summed E-state index contributed by atoms with van der Waals surface area (Å²) in [4.78, 5) is 29.3. The van der Waals surface area contributed by atoms with Crippen molar-refractivity contribution in [2.75, 3.05) is 32.8 Å². The molecule has 7 nitrogen and oxygen atoms in total. The molecule has 1 aliphatic rings. The molecule has 0 unspecified atom stereocenters. The Morgan fingerprint density at radius 1 is 1.12 bits per heavy atom. The molecule has 1 amide bonds. The first-order chi connectivity index (χ1) is 15.4. The Labute approximate surface area is 189 Å². The van der Waals surface area contributed by atoms with Crippen LogP contribution < -0.4 is 9.64 Å². The molecule has 1 aromatic heterocycles. The average molecular weight is 442 g/mol. The predicted molar refractivity (Wildman–Crippen MR) is 121 cm³/mol. The van der Waals surface area contributed by atoms with Gasteiger partial charge in [0.25, 0.3) is 5.91 Å². The molecule has 2 heterocycles. The van der Waals surface area contributed by atoms with E-state index in [0.29, 0.717) is 24.7 Å². The van der Waals surface area contributed by atoms with E-state index in [1.54, 1.807) is 24.0 Å². The highest BCUT2D eigenvalue weighted by molar-refractivity contribution is 6.15. The molecule has 1 atom stereocenters.